The van der Waals surface area contributed by atoms with Gasteiger partial charge in [-0.1, -0.05) is 23.2 Å². The first kappa shape index (κ1) is 19.0. The van der Waals surface area contributed by atoms with Crippen LogP contribution in [0.25, 0.3) is 0 Å². The molecule has 0 atom stereocenters. The predicted octanol–water partition coefficient (Wildman–Crippen LogP) is 3.97. The van der Waals surface area contributed by atoms with Crippen molar-refractivity contribution in [1.82, 2.24) is 0 Å². The Labute approximate surface area is 153 Å². The molecule has 0 fully saturated rings. The molecule has 0 aliphatic carbocycles. The number of amides is 1. The fraction of sp³-hybridized carbons (Fsp3) is 0. The number of halogens is 2. The molecule has 0 aliphatic rings. The Morgan fingerprint density at radius 3 is 2.00 bits per heavy atom. The smallest absolute Gasteiger partial charge is 0.295 e. The van der Waals surface area contributed by atoms with E-state index >= 15 is 0 Å². The largest absolute Gasteiger partial charge is 0.321 e. The predicted molar refractivity (Wildman–Crippen MR) is 90.8 cm³/mol. The minimum absolute atomic E-state index is 0.0486. The van der Waals surface area contributed by atoms with Crippen molar-refractivity contribution in [2.24, 2.45) is 0 Å². The van der Waals surface area contributed by atoms with E-state index in [-0.39, 0.29) is 16.4 Å². The van der Waals surface area contributed by atoms with Crippen molar-refractivity contribution in [3.8, 4) is 0 Å². The average Bonchev–Trinajstić information content (AvgIpc) is 2.55. The lowest BCUT2D eigenvalue weighted by molar-refractivity contribution is -0.394. The van der Waals surface area contributed by atoms with E-state index in [0.29, 0.717) is 6.07 Å². The Morgan fingerprint density at radius 2 is 1.50 bits per heavy atom. The molecule has 134 valence electrons. The van der Waals surface area contributed by atoms with E-state index in [4.69, 9.17) is 23.2 Å². The zero-order valence-electron chi connectivity index (χ0n) is 12.3. The van der Waals surface area contributed by atoms with Gasteiger partial charge in [-0.2, -0.15) is 0 Å². The van der Waals surface area contributed by atoms with E-state index in [9.17, 15) is 35.1 Å². The molecule has 26 heavy (non-hydrogen) atoms. The zero-order chi connectivity index (χ0) is 19.6. The number of carbonyl (C=O) groups excluding carboxylic acids is 1. The van der Waals surface area contributed by atoms with Crippen LogP contribution in [0, 0.1) is 30.3 Å². The third-order valence-corrected chi connectivity index (χ3v) is 3.81. The topological polar surface area (TPSA) is 159 Å². The van der Waals surface area contributed by atoms with Crippen LogP contribution in [-0.4, -0.2) is 20.7 Å². The summed E-state index contributed by atoms with van der Waals surface area (Å²) >= 11 is 11.6. The van der Waals surface area contributed by atoms with Crippen molar-refractivity contribution in [1.29, 1.82) is 0 Å². The summed E-state index contributed by atoms with van der Waals surface area (Å²) < 4.78 is 0. The van der Waals surface area contributed by atoms with Gasteiger partial charge in [-0.05, 0) is 6.07 Å². The number of anilines is 1. The number of non-ortho nitro benzene ring substituents is 2. The third-order valence-electron chi connectivity index (χ3n) is 3.10. The van der Waals surface area contributed by atoms with Gasteiger partial charge in [-0.25, -0.2) is 0 Å². The number of hydrogen-bond acceptors (Lipinski definition) is 7. The minimum atomic E-state index is -1.02. The maximum Gasteiger partial charge on any atom is 0.295 e. The van der Waals surface area contributed by atoms with Crippen molar-refractivity contribution in [3.63, 3.8) is 0 Å². The van der Waals surface area contributed by atoms with E-state index in [1.807, 2.05) is 0 Å². The summed E-state index contributed by atoms with van der Waals surface area (Å²) in [4.78, 5) is 42.3. The van der Waals surface area contributed by atoms with E-state index in [1.165, 1.54) is 0 Å². The molecule has 0 heterocycles. The molecule has 0 aromatic heterocycles. The quantitative estimate of drug-likeness (QED) is 0.586. The van der Waals surface area contributed by atoms with Crippen LogP contribution in [0.5, 0.6) is 0 Å². The number of benzene rings is 2. The highest BCUT2D eigenvalue weighted by Crippen LogP contribution is 2.34. The van der Waals surface area contributed by atoms with E-state index in [2.05, 4.69) is 5.32 Å². The van der Waals surface area contributed by atoms with Crippen LogP contribution in [0.15, 0.2) is 30.3 Å². The van der Waals surface area contributed by atoms with Crippen LogP contribution in [0.2, 0.25) is 10.0 Å². The molecule has 0 saturated heterocycles. The highest BCUT2D eigenvalue weighted by Gasteiger charge is 2.26. The van der Waals surface area contributed by atoms with Gasteiger partial charge < -0.3 is 5.32 Å². The molecule has 0 bridgehead atoms. The van der Waals surface area contributed by atoms with Crippen molar-refractivity contribution >= 4 is 51.9 Å². The Balaban J connectivity index is 2.45. The number of carbonyl (C=O) groups is 1. The fourth-order valence-corrected chi connectivity index (χ4v) is 2.39. The molecule has 2 aromatic rings. The molecule has 0 aliphatic heterocycles. The van der Waals surface area contributed by atoms with Crippen LogP contribution in [-0.2, 0) is 0 Å². The molecular weight excluding hydrogens is 395 g/mol. The number of nitro groups is 3. The number of nitrogens with zero attached hydrogens (tertiary/aromatic N) is 3. The fourth-order valence-electron chi connectivity index (χ4n) is 1.91. The summed E-state index contributed by atoms with van der Waals surface area (Å²) in [5.41, 5.74) is -2.42. The third kappa shape index (κ3) is 3.84. The van der Waals surface area contributed by atoms with Gasteiger partial charge in [0.25, 0.3) is 23.0 Å². The lowest BCUT2D eigenvalue weighted by Crippen LogP contribution is -2.14. The van der Waals surface area contributed by atoms with Gasteiger partial charge in [0.15, 0.2) is 0 Å². The molecule has 0 spiro atoms. The summed E-state index contributed by atoms with van der Waals surface area (Å²) in [6.45, 7) is 0. The SMILES string of the molecule is O=C(Nc1ccc([N+](=O)[O-])cc1Cl)c1cc([N+](=O)[O-])cc([N+](=O)[O-])c1Cl. The van der Waals surface area contributed by atoms with Crippen LogP contribution < -0.4 is 5.32 Å². The van der Waals surface area contributed by atoms with Gasteiger partial charge in [0, 0.05) is 18.2 Å². The summed E-state index contributed by atoms with van der Waals surface area (Å²) in [5, 5.41) is 34.0. The van der Waals surface area contributed by atoms with E-state index in [1.54, 1.807) is 0 Å². The van der Waals surface area contributed by atoms with E-state index < -0.39 is 42.6 Å². The summed E-state index contributed by atoms with van der Waals surface area (Å²) in [6.07, 6.45) is 0. The number of rotatable bonds is 5. The van der Waals surface area contributed by atoms with Crippen LogP contribution in [0.4, 0.5) is 22.7 Å². The van der Waals surface area contributed by atoms with Crippen molar-refractivity contribution in [2.75, 3.05) is 5.32 Å². The molecule has 13 heteroatoms. The van der Waals surface area contributed by atoms with Gasteiger partial charge in [0.1, 0.15) is 5.02 Å². The molecule has 1 N–H and O–H groups in total. The second-order valence-corrected chi connectivity index (χ2v) is 5.50. The van der Waals surface area contributed by atoms with Crippen molar-refractivity contribution < 1.29 is 19.6 Å². The molecule has 2 aromatic carbocycles. The molecule has 0 radical (unpaired) electrons. The Bertz CT molecular complexity index is 964. The molecule has 2 rings (SSSR count). The van der Waals surface area contributed by atoms with Crippen LogP contribution >= 0.6 is 23.2 Å². The molecule has 1 amide bonds. The monoisotopic (exact) mass is 400 g/mol. The van der Waals surface area contributed by atoms with Gasteiger partial charge in [-0.15, -0.1) is 0 Å². The highest BCUT2D eigenvalue weighted by molar-refractivity contribution is 6.37. The molecule has 11 nitrogen and oxygen atoms in total. The molecule has 0 saturated carbocycles. The maximum absolute atomic E-state index is 12.3. The first-order valence-electron chi connectivity index (χ1n) is 6.49. The second-order valence-electron chi connectivity index (χ2n) is 4.72. The Hall–Kier alpha value is -3.31. The summed E-state index contributed by atoms with van der Waals surface area (Å²) in [5.74, 6) is -1.02. The number of hydrogen-bond donors (Lipinski definition) is 1. The average molecular weight is 401 g/mol. The molecular formula is C13H6Cl2N4O7. The van der Waals surface area contributed by atoms with Gasteiger partial charge >= 0.3 is 0 Å². The van der Waals surface area contributed by atoms with Crippen LogP contribution in [0.3, 0.4) is 0 Å². The normalized spacial score (nSPS) is 10.2. The zero-order valence-corrected chi connectivity index (χ0v) is 13.9. The van der Waals surface area contributed by atoms with Crippen molar-refractivity contribution in [3.05, 3.63) is 76.3 Å². The highest BCUT2D eigenvalue weighted by atomic mass is 35.5. The van der Waals surface area contributed by atoms with Crippen LogP contribution in [0.1, 0.15) is 10.4 Å². The number of nitrogens with one attached hydrogen (secondary N) is 1. The van der Waals surface area contributed by atoms with Gasteiger partial charge in [0.05, 0.1) is 37.1 Å². The van der Waals surface area contributed by atoms with Gasteiger partial charge in [-0.3, -0.25) is 35.1 Å². The van der Waals surface area contributed by atoms with E-state index in [0.717, 1.165) is 24.3 Å². The minimum Gasteiger partial charge on any atom is -0.321 e. The summed E-state index contributed by atoms with van der Waals surface area (Å²) in [7, 11) is 0. The summed E-state index contributed by atoms with van der Waals surface area (Å²) in [6, 6.07) is 4.58. The molecule has 0 unspecified atom stereocenters. The second kappa shape index (κ2) is 7.29. The lowest BCUT2D eigenvalue weighted by Gasteiger charge is -2.08. The Kier molecular flexibility index (Phi) is 5.33. The lowest BCUT2D eigenvalue weighted by atomic mass is 10.1. The van der Waals surface area contributed by atoms with Gasteiger partial charge in [0.2, 0.25) is 0 Å². The first-order valence-corrected chi connectivity index (χ1v) is 7.25. The Morgan fingerprint density at radius 1 is 0.885 bits per heavy atom. The first-order chi connectivity index (χ1) is 12.1. The maximum atomic E-state index is 12.3. The number of nitro benzene ring substituents is 3. The van der Waals surface area contributed by atoms with Crippen molar-refractivity contribution in [2.45, 2.75) is 0 Å². The standard InChI is InChI=1S/C13H6Cl2N4O7/c14-9-4-6(17(21)22)1-2-10(9)16-13(20)8-3-7(18(23)24)5-11(12(8)15)19(25)26/h1-5H,(H,16,20).